The molecule has 0 saturated heterocycles. The second kappa shape index (κ2) is 5.48. The van der Waals surface area contributed by atoms with Crippen LogP contribution >= 0.6 is 0 Å². The monoisotopic (exact) mass is 292 g/mol. The number of hydrogen-bond donors (Lipinski definition) is 1. The average molecular weight is 292 g/mol. The van der Waals surface area contributed by atoms with Gasteiger partial charge in [0.25, 0.3) is 0 Å². The lowest BCUT2D eigenvalue weighted by atomic mass is 9.91. The van der Waals surface area contributed by atoms with E-state index in [1.807, 2.05) is 12.1 Å². The van der Waals surface area contributed by atoms with Crippen molar-refractivity contribution in [2.75, 3.05) is 4.90 Å². The molecule has 2 fully saturated rings. The summed E-state index contributed by atoms with van der Waals surface area (Å²) < 4.78 is 0. The van der Waals surface area contributed by atoms with Crippen LogP contribution in [0.25, 0.3) is 0 Å². The third kappa shape index (κ3) is 2.08. The van der Waals surface area contributed by atoms with Crippen LogP contribution in [0.4, 0.5) is 11.4 Å². The Morgan fingerprint density at radius 2 is 1.45 bits per heavy atom. The molecule has 0 aliphatic heterocycles. The predicted octanol–water partition coefficient (Wildman–Crippen LogP) is 4.45. The van der Waals surface area contributed by atoms with E-state index in [9.17, 15) is 5.21 Å². The first kappa shape index (κ1) is 13.4. The van der Waals surface area contributed by atoms with Crippen LogP contribution in [-0.4, -0.2) is 17.0 Å². The summed E-state index contributed by atoms with van der Waals surface area (Å²) in [7, 11) is 0. The molecule has 22 heavy (non-hydrogen) atoms. The fraction of sp³-hybridized carbons (Fsp3) is 0.316. The summed E-state index contributed by atoms with van der Waals surface area (Å²) in [6.07, 6.45) is 3.54. The molecule has 0 unspecified atom stereocenters. The standard InChI is InChI=1S/C19H20N2O/c22-20-18-14-11-12-15(13-14)19(18)21(16-7-3-1-4-8-16)17-9-5-2-6-10-17/h1-10,14-15,19,22H,11-13H2/b20-18-/t14-,15+,19+/m0/s1. The number of fused-ring (bicyclic) bond motifs is 2. The summed E-state index contributed by atoms with van der Waals surface area (Å²) in [4.78, 5) is 2.35. The Hall–Kier alpha value is -2.29. The first-order valence-corrected chi connectivity index (χ1v) is 7.99. The molecule has 3 atom stereocenters. The van der Waals surface area contributed by atoms with Gasteiger partial charge in [-0.2, -0.15) is 0 Å². The Morgan fingerprint density at radius 3 is 2.00 bits per heavy atom. The van der Waals surface area contributed by atoms with Gasteiger partial charge in [-0.3, -0.25) is 0 Å². The summed E-state index contributed by atoms with van der Waals surface area (Å²) in [6, 6.07) is 21.0. The Bertz CT molecular complexity index is 629. The zero-order valence-electron chi connectivity index (χ0n) is 12.5. The van der Waals surface area contributed by atoms with Crippen molar-refractivity contribution in [1.82, 2.24) is 0 Å². The van der Waals surface area contributed by atoms with Gasteiger partial charge in [0.2, 0.25) is 0 Å². The van der Waals surface area contributed by atoms with Crippen molar-refractivity contribution >= 4 is 17.1 Å². The molecule has 0 radical (unpaired) electrons. The van der Waals surface area contributed by atoms with Gasteiger partial charge >= 0.3 is 0 Å². The first-order valence-electron chi connectivity index (χ1n) is 7.99. The van der Waals surface area contributed by atoms with Gasteiger partial charge in [-0.25, -0.2) is 0 Å². The molecule has 3 heteroatoms. The zero-order chi connectivity index (χ0) is 14.9. The molecule has 2 aliphatic rings. The van der Waals surface area contributed by atoms with Gasteiger partial charge in [0.1, 0.15) is 0 Å². The van der Waals surface area contributed by atoms with Gasteiger partial charge in [0.05, 0.1) is 11.8 Å². The van der Waals surface area contributed by atoms with E-state index in [1.165, 1.54) is 6.42 Å². The number of benzene rings is 2. The van der Waals surface area contributed by atoms with Gasteiger partial charge in [-0.05, 0) is 49.4 Å². The highest BCUT2D eigenvalue weighted by atomic mass is 16.4. The van der Waals surface area contributed by atoms with E-state index in [2.05, 4.69) is 58.6 Å². The van der Waals surface area contributed by atoms with E-state index in [4.69, 9.17) is 0 Å². The molecular weight excluding hydrogens is 272 g/mol. The maximum absolute atomic E-state index is 9.56. The molecule has 2 aliphatic carbocycles. The van der Waals surface area contributed by atoms with E-state index >= 15 is 0 Å². The van der Waals surface area contributed by atoms with Gasteiger partial charge in [0, 0.05) is 17.3 Å². The number of nitrogens with zero attached hydrogens (tertiary/aromatic N) is 2. The van der Waals surface area contributed by atoms with Crippen LogP contribution in [0.2, 0.25) is 0 Å². The molecule has 2 saturated carbocycles. The number of anilines is 2. The molecule has 3 nitrogen and oxygen atoms in total. The Morgan fingerprint density at radius 1 is 0.864 bits per heavy atom. The lowest BCUT2D eigenvalue weighted by Gasteiger charge is -2.36. The van der Waals surface area contributed by atoms with E-state index in [1.54, 1.807) is 0 Å². The number of rotatable bonds is 3. The van der Waals surface area contributed by atoms with E-state index in [-0.39, 0.29) is 6.04 Å². The minimum atomic E-state index is 0.175. The van der Waals surface area contributed by atoms with Gasteiger partial charge < -0.3 is 10.1 Å². The van der Waals surface area contributed by atoms with Crippen molar-refractivity contribution in [3.8, 4) is 0 Å². The SMILES string of the molecule is O/N=C1/[C@H]2CC[C@H](C2)[C@H]1N(c1ccccc1)c1ccccc1. The second-order valence-electron chi connectivity index (χ2n) is 6.28. The average Bonchev–Trinajstić information content (AvgIpc) is 3.18. The molecular formula is C19H20N2O. The molecule has 0 heterocycles. The van der Waals surface area contributed by atoms with Gasteiger partial charge in [-0.1, -0.05) is 41.6 Å². The predicted molar refractivity (Wildman–Crippen MR) is 88.9 cm³/mol. The van der Waals surface area contributed by atoms with Crippen LogP contribution in [0, 0.1) is 11.8 Å². The zero-order valence-corrected chi connectivity index (χ0v) is 12.5. The highest BCUT2D eigenvalue weighted by molar-refractivity contribution is 5.98. The molecule has 1 N–H and O–H groups in total. The summed E-state index contributed by atoms with van der Waals surface area (Å²) in [5.74, 6) is 1.03. The fourth-order valence-electron chi connectivity index (χ4n) is 4.19. The second-order valence-corrected chi connectivity index (χ2v) is 6.28. The van der Waals surface area contributed by atoms with E-state index in [0.717, 1.165) is 29.9 Å². The number of hydrogen-bond acceptors (Lipinski definition) is 3. The van der Waals surface area contributed by atoms with Crippen molar-refractivity contribution < 1.29 is 5.21 Å². The van der Waals surface area contributed by atoms with Crippen molar-refractivity contribution in [3.05, 3.63) is 60.7 Å². The number of para-hydroxylation sites is 2. The third-order valence-corrected chi connectivity index (χ3v) is 5.10. The summed E-state index contributed by atoms with van der Waals surface area (Å²) >= 11 is 0. The molecule has 112 valence electrons. The van der Waals surface area contributed by atoms with E-state index < -0.39 is 0 Å². The van der Waals surface area contributed by atoms with Crippen LogP contribution in [0.3, 0.4) is 0 Å². The quantitative estimate of drug-likeness (QED) is 0.670. The minimum Gasteiger partial charge on any atom is -0.411 e. The van der Waals surface area contributed by atoms with Crippen molar-refractivity contribution in [2.45, 2.75) is 25.3 Å². The molecule has 0 amide bonds. The Balaban J connectivity index is 1.81. The third-order valence-electron chi connectivity index (χ3n) is 5.10. The summed E-state index contributed by atoms with van der Waals surface area (Å²) in [5.41, 5.74) is 3.28. The lowest BCUT2D eigenvalue weighted by Crippen LogP contribution is -2.42. The topological polar surface area (TPSA) is 35.8 Å². The molecule has 2 bridgehead atoms. The van der Waals surface area contributed by atoms with Crippen LogP contribution in [-0.2, 0) is 0 Å². The first-order chi connectivity index (χ1) is 10.9. The lowest BCUT2D eigenvalue weighted by molar-refractivity contribution is 0.311. The van der Waals surface area contributed by atoms with Gasteiger partial charge in [-0.15, -0.1) is 0 Å². The van der Waals surface area contributed by atoms with Crippen LogP contribution < -0.4 is 4.90 Å². The van der Waals surface area contributed by atoms with Crippen molar-refractivity contribution in [1.29, 1.82) is 0 Å². The smallest absolute Gasteiger partial charge is 0.0832 e. The summed E-state index contributed by atoms with van der Waals surface area (Å²) in [5, 5.41) is 13.3. The van der Waals surface area contributed by atoms with Crippen molar-refractivity contribution in [3.63, 3.8) is 0 Å². The van der Waals surface area contributed by atoms with Gasteiger partial charge in [0.15, 0.2) is 0 Å². The van der Waals surface area contributed by atoms with Crippen molar-refractivity contribution in [2.24, 2.45) is 17.0 Å². The molecule has 2 aromatic carbocycles. The van der Waals surface area contributed by atoms with E-state index in [0.29, 0.717) is 11.8 Å². The summed E-state index contributed by atoms with van der Waals surface area (Å²) in [6.45, 7) is 0. The minimum absolute atomic E-state index is 0.175. The molecule has 0 spiro atoms. The maximum Gasteiger partial charge on any atom is 0.0832 e. The number of oxime groups is 1. The largest absolute Gasteiger partial charge is 0.411 e. The molecule has 0 aromatic heterocycles. The molecule has 4 rings (SSSR count). The normalized spacial score (nSPS) is 28.2. The highest BCUT2D eigenvalue weighted by Gasteiger charge is 2.48. The maximum atomic E-state index is 9.56. The molecule has 2 aromatic rings. The van der Waals surface area contributed by atoms with Crippen LogP contribution in [0.15, 0.2) is 65.8 Å². The Labute approximate surface area is 130 Å². The van der Waals surface area contributed by atoms with Crippen LogP contribution in [0.5, 0.6) is 0 Å². The highest BCUT2D eigenvalue weighted by Crippen LogP contribution is 2.47. The van der Waals surface area contributed by atoms with Crippen LogP contribution in [0.1, 0.15) is 19.3 Å². The Kier molecular flexibility index (Phi) is 3.34. The fourth-order valence-corrected chi connectivity index (χ4v) is 4.19.